The molecule has 4 rings (SSSR count). The van der Waals surface area contributed by atoms with E-state index in [1.807, 2.05) is 51.1 Å². The number of aryl methyl sites for hydroxylation is 1. The molecule has 0 N–H and O–H groups in total. The van der Waals surface area contributed by atoms with Crippen molar-refractivity contribution in [1.82, 2.24) is 30.4 Å². The molecule has 0 saturated carbocycles. The van der Waals surface area contributed by atoms with Gasteiger partial charge in [-0.3, -0.25) is 9.97 Å². The topological polar surface area (TPSA) is 79.8 Å². The van der Waals surface area contributed by atoms with Gasteiger partial charge < -0.3 is 20.4 Å². The molecular weight excluding hydrogens is 588 g/mol. The number of nitrogens with zero attached hydrogens (tertiary/aromatic N) is 6. The molecule has 10 heteroatoms. The zero-order chi connectivity index (χ0) is 21.5. The summed E-state index contributed by atoms with van der Waals surface area (Å²) in [5.74, 6) is 0. The van der Waals surface area contributed by atoms with Crippen LogP contribution in [0.5, 0.6) is 0 Å². The Kier molecular flexibility index (Phi) is 6.18. The molecule has 0 aliphatic heterocycles. The molecule has 0 fully saturated rings. The molecule has 0 atom stereocenters. The van der Waals surface area contributed by atoms with Crippen molar-refractivity contribution in [2.24, 2.45) is 0 Å². The summed E-state index contributed by atoms with van der Waals surface area (Å²) in [4.78, 5) is 9.28. The van der Waals surface area contributed by atoms with Gasteiger partial charge in [-0.25, -0.2) is 0 Å². The van der Waals surface area contributed by atoms with Crippen LogP contribution in [0.15, 0.2) is 48.5 Å². The molecule has 0 bridgehead atoms. The Bertz CT molecular complexity index is 1200. The Hall–Kier alpha value is -2.80. The van der Waals surface area contributed by atoms with Crippen LogP contribution in [-0.4, -0.2) is 20.2 Å². The van der Waals surface area contributed by atoms with Crippen LogP contribution in [0.2, 0.25) is 0 Å². The standard InChI is InChI=1S/C21H17F3N6.Pt/c1-12-10-15(28-27-12)13-6-4-8-17(25-13)20(2,3)18-9-5-7-14(26-18)16-11-19(30-29-16)21(22,23)24;/h4-11H,1-3H3;/q-2;+2. The van der Waals surface area contributed by atoms with E-state index in [1.54, 1.807) is 12.1 Å². The van der Waals surface area contributed by atoms with E-state index in [4.69, 9.17) is 4.98 Å². The van der Waals surface area contributed by atoms with Crippen molar-refractivity contribution in [2.75, 3.05) is 0 Å². The smallest absolute Gasteiger partial charge is 0.574 e. The van der Waals surface area contributed by atoms with E-state index < -0.39 is 17.3 Å². The van der Waals surface area contributed by atoms with Crippen LogP contribution in [0, 0.1) is 6.92 Å². The van der Waals surface area contributed by atoms with Crippen molar-refractivity contribution in [1.29, 1.82) is 0 Å². The summed E-state index contributed by atoms with van der Waals surface area (Å²) < 4.78 is 38.5. The second-order valence-corrected chi connectivity index (χ2v) is 7.42. The fraction of sp³-hybridized carbons (Fsp3) is 0.238. The van der Waals surface area contributed by atoms with Crippen LogP contribution in [-0.2, 0) is 32.7 Å². The summed E-state index contributed by atoms with van der Waals surface area (Å²) in [6, 6.07) is 13.5. The molecule has 4 aromatic rings. The maximum atomic E-state index is 12.8. The monoisotopic (exact) mass is 605 g/mol. The zero-order valence-electron chi connectivity index (χ0n) is 16.8. The second-order valence-electron chi connectivity index (χ2n) is 7.42. The SMILES string of the molecule is Cc1cc(-c2cccc(C(C)(C)c3cccc(-c4cc(C(F)(F)F)n[n-]4)n3)n2)[n-]n1.[Pt+2]. The first kappa shape index (κ1) is 22.9. The third kappa shape index (κ3) is 4.61. The molecule has 4 aromatic heterocycles. The number of rotatable bonds is 4. The van der Waals surface area contributed by atoms with Crippen molar-refractivity contribution in [2.45, 2.75) is 32.4 Å². The molecule has 0 amide bonds. The largest absolute Gasteiger partial charge is 2.00 e. The first-order chi connectivity index (χ1) is 14.1. The number of halogens is 3. The Morgan fingerprint density at radius 2 is 1.26 bits per heavy atom. The van der Waals surface area contributed by atoms with Gasteiger partial charge in [0, 0.05) is 22.5 Å². The molecule has 162 valence electrons. The molecule has 0 spiro atoms. The number of pyridine rings is 2. The summed E-state index contributed by atoms with van der Waals surface area (Å²) in [5.41, 5.74) is 2.30. The molecular formula is C21H17F3N6Pt. The van der Waals surface area contributed by atoms with Crippen LogP contribution >= 0.6 is 0 Å². The fourth-order valence-corrected chi connectivity index (χ4v) is 3.05. The summed E-state index contributed by atoms with van der Waals surface area (Å²) in [6.45, 7) is 5.76. The van der Waals surface area contributed by atoms with Gasteiger partial charge in [0.2, 0.25) is 0 Å². The minimum Gasteiger partial charge on any atom is -0.574 e. The van der Waals surface area contributed by atoms with Gasteiger partial charge in [0.1, 0.15) is 5.69 Å². The van der Waals surface area contributed by atoms with Gasteiger partial charge in [0.25, 0.3) is 0 Å². The van der Waals surface area contributed by atoms with Crippen LogP contribution in [0.3, 0.4) is 0 Å². The van der Waals surface area contributed by atoms with Gasteiger partial charge in [0.15, 0.2) is 0 Å². The average Bonchev–Trinajstić information content (AvgIpc) is 3.37. The van der Waals surface area contributed by atoms with E-state index in [2.05, 4.69) is 25.4 Å². The normalized spacial score (nSPS) is 11.9. The van der Waals surface area contributed by atoms with Crippen LogP contribution < -0.4 is 10.2 Å². The van der Waals surface area contributed by atoms with Gasteiger partial charge in [-0.2, -0.15) is 13.2 Å². The Balaban J connectivity index is 0.00000272. The van der Waals surface area contributed by atoms with Crippen LogP contribution in [0.4, 0.5) is 13.2 Å². The van der Waals surface area contributed by atoms with E-state index in [0.717, 1.165) is 17.5 Å². The van der Waals surface area contributed by atoms with E-state index in [-0.39, 0.29) is 26.8 Å². The first-order valence-corrected chi connectivity index (χ1v) is 9.15. The van der Waals surface area contributed by atoms with Gasteiger partial charge in [-0.1, -0.05) is 29.6 Å². The van der Waals surface area contributed by atoms with E-state index in [9.17, 15) is 13.2 Å². The first-order valence-electron chi connectivity index (χ1n) is 9.15. The van der Waals surface area contributed by atoms with Crippen LogP contribution in [0.1, 0.15) is 36.6 Å². The maximum Gasteiger partial charge on any atom is 2.00 e. The Morgan fingerprint density at radius 1 is 0.742 bits per heavy atom. The quantitative estimate of drug-likeness (QED) is 0.348. The second kappa shape index (κ2) is 8.38. The van der Waals surface area contributed by atoms with Crippen molar-refractivity contribution in [3.8, 4) is 22.8 Å². The number of hydrogen-bond acceptors (Lipinski definition) is 4. The van der Waals surface area contributed by atoms with Crippen molar-refractivity contribution in [3.05, 3.63) is 71.3 Å². The number of alkyl halides is 3. The third-order valence-corrected chi connectivity index (χ3v) is 4.79. The number of aromatic nitrogens is 6. The molecule has 0 unspecified atom stereocenters. The van der Waals surface area contributed by atoms with Gasteiger partial charge >= 0.3 is 27.2 Å². The summed E-state index contributed by atoms with van der Waals surface area (Å²) in [5, 5.41) is 15.0. The van der Waals surface area contributed by atoms with E-state index in [0.29, 0.717) is 22.8 Å². The summed E-state index contributed by atoms with van der Waals surface area (Å²) in [7, 11) is 0. The molecule has 0 aliphatic rings. The van der Waals surface area contributed by atoms with E-state index in [1.165, 1.54) is 0 Å². The molecule has 0 aliphatic carbocycles. The predicted molar refractivity (Wildman–Crippen MR) is 103 cm³/mol. The minimum absolute atomic E-state index is 0. The fourth-order valence-electron chi connectivity index (χ4n) is 3.05. The zero-order valence-corrected chi connectivity index (χ0v) is 19.0. The van der Waals surface area contributed by atoms with Gasteiger partial charge in [-0.15, -0.1) is 0 Å². The Morgan fingerprint density at radius 3 is 1.71 bits per heavy atom. The molecule has 6 nitrogen and oxygen atoms in total. The van der Waals surface area contributed by atoms with Gasteiger partial charge in [-0.05, 0) is 51.1 Å². The third-order valence-electron chi connectivity index (χ3n) is 4.79. The maximum absolute atomic E-state index is 12.8. The molecule has 0 aromatic carbocycles. The molecule has 0 radical (unpaired) electrons. The average molecular weight is 605 g/mol. The molecule has 4 heterocycles. The van der Waals surface area contributed by atoms with Crippen LogP contribution in [0.25, 0.3) is 22.8 Å². The van der Waals surface area contributed by atoms with Crippen molar-refractivity contribution < 1.29 is 34.2 Å². The summed E-state index contributed by atoms with van der Waals surface area (Å²) >= 11 is 0. The minimum atomic E-state index is -4.55. The van der Waals surface area contributed by atoms with Gasteiger partial charge in [0.05, 0.1) is 11.4 Å². The van der Waals surface area contributed by atoms with Crippen molar-refractivity contribution >= 4 is 0 Å². The molecule has 0 saturated heterocycles. The van der Waals surface area contributed by atoms with Crippen molar-refractivity contribution in [3.63, 3.8) is 0 Å². The Labute approximate surface area is 191 Å². The van der Waals surface area contributed by atoms with E-state index >= 15 is 0 Å². The predicted octanol–water partition coefficient (Wildman–Crippen LogP) is 4.17. The number of hydrogen-bond donors (Lipinski definition) is 0. The summed E-state index contributed by atoms with van der Waals surface area (Å²) in [6.07, 6.45) is -4.55. The molecule has 31 heavy (non-hydrogen) atoms.